The van der Waals surface area contributed by atoms with E-state index in [0.717, 1.165) is 0 Å². The predicted octanol–water partition coefficient (Wildman–Crippen LogP) is 1.56. The molecule has 1 N–H and O–H groups in total. The first-order valence-electron chi connectivity index (χ1n) is 9.27. The van der Waals surface area contributed by atoms with Gasteiger partial charge >= 0.3 is 5.97 Å². The monoisotopic (exact) mass is 388 g/mol. The Balaban J connectivity index is 1.66. The molecular formula is C20H24N2O6. The van der Waals surface area contributed by atoms with E-state index in [2.05, 4.69) is 5.32 Å². The number of fused-ring (bicyclic) bond motifs is 1. The second kappa shape index (κ2) is 7.61. The lowest BCUT2D eigenvalue weighted by Gasteiger charge is -2.29. The van der Waals surface area contributed by atoms with Gasteiger partial charge in [-0.25, -0.2) is 0 Å². The van der Waals surface area contributed by atoms with Gasteiger partial charge in [0.05, 0.1) is 19.6 Å². The maximum absolute atomic E-state index is 12.7. The van der Waals surface area contributed by atoms with Crippen molar-refractivity contribution in [2.24, 2.45) is 0 Å². The lowest BCUT2D eigenvalue weighted by molar-refractivity contribution is -0.155. The molecule has 0 bridgehead atoms. The number of nitrogens with zero attached hydrogens (tertiary/aromatic N) is 1. The van der Waals surface area contributed by atoms with E-state index in [1.165, 1.54) is 4.90 Å². The van der Waals surface area contributed by atoms with Crippen LogP contribution in [0.4, 0.5) is 0 Å². The summed E-state index contributed by atoms with van der Waals surface area (Å²) in [6, 6.07) is 4.44. The molecule has 2 aliphatic rings. The molecule has 1 fully saturated rings. The largest absolute Gasteiger partial charge is 0.493 e. The molecule has 3 rings (SSSR count). The molecule has 1 atom stereocenters. The average molecular weight is 388 g/mol. The molecule has 0 saturated carbocycles. The first-order valence-corrected chi connectivity index (χ1v) is 9.27. The highest BCUT2D eigenvalue weighted by atomic mass is 16.6. The number of carbonyl (C=O) groups excluding carboxylic acids is 4. The second-order valence-electron chi connectivity index (χ2n) is 7.87. The maximum atomic E-state index is 12.7. The number of esters is 1. The number of nitrogens with one attached hydrogen (secondary N) is 1. The normalized spacial score (nSPS) is 19.3. The summed E-state index contributed by atoms with van der Waals surface area (Å²) in [5.41, 5.74) is 0.598. The molecule has 1 unspecified atom stereocenters. The van der Waals surface area contributed by atoms with Gasteiger partial charge in [0, 0.05) is 17.5 Å². The highest BCUT2D eigenvalue weighted by molar-refractivity contribution is 6.05. The molecule has 8 nitrogen and oxygen atoms in total. The Morgan fingerprint density at radius 1 is 1.25 bits per heavy atom. The average Bonchev–Trinajstić information content (AvgIpc) is 2.91. The molecule has 0 spiro atoms. The Bertz CT molecular complexity index is 826. The Kier molecular flexibility index (Phi) is 5.40. The molecule has 0 radical (unpaired) electrons. The Morgan fingerprint density at radius 3 is 2.68 bits per heavy atom. The molecule has 2 heterocycles. The van der Waals surface area contributed by atoms with Crippen LogP contribution in [0, 0.1) is 0 Å². The molecule has 1 aromatic rings. The number of hydrogen-bond acceptors (Lipinski definition) is 6. The highest BCUT2D eigenvalue weighted by Crippen LogP contribution is 2.33. The number of amides is 3. The number of rotatable bonds is 5. The number of piperidine rings is 1. The number of benzene rings is 1. The van der Waals surface area contributed by atoms with Crippen LogP contribution >= 0.6 is 0 Å². The van der Waals surface area contributed by atoms with Crippen molar-refractivity contribution in [1.29, 1.82) is 0 Å². The summed E-state index contributed by atoms with van der Waals surface area (Å²) >= 11 is 0. The third-order valence-corrected chi connectivity index (χ3v) is 4.52. The maximum Gasteiger partial charge on any atom is 0.309 e. The van der Waals surface area contributed by atoms with Crippen molar-refractivity contribution in [2.75, 3.05) is 6.61 Å². The zero-order valence-electron chi connectivity index (χ0n) is 16.2. The minimum absolute atomic E-state index is 0.0890. The lowest BCUT2D eigenvalue weighted by Crippen LogP contribution is -2.52. The molecule has 3 amide bonds. The zero-order valence-corrected chi connectivity index (χ0v) is 16.2. The van der Waals surface area contributed by atoms with Gasteiger partial charge < -0.3 is 14.4 Å². The van der Waals surface area contributed by atoms with E-state index in [1.807, 2.05) is 0 Å². The van der Waals surface area contributed by atoms with Crippen LogP contribution in [0.5, 0.6) is 5.75 Å². The standard InChI is InChI=1S/C20H24N2O6/c1-20(2,3)28-17(24)9-10-27-15-6-4-5-12-13(15)11-22(19(12)26)14-7-8-16(23)21-18(14)25/h4-6,14H,7-11H2,1-3H3,(H,21,23,25). The van der Waals surface area contributed by atoms with Crippen molar-refractivity contribution in [1.82, 2.24) is 10.2 Å². The van der Waals surface area contributed by atoms with Crippen molar-refractivity contribution in [3.05, 3.63) is 29.3 Å². The summed E-state index contributed by atoms with van der Waals surface area (Å²) in [5, 5.41) is 2.28. The molecule has 0 aromatic heterocycles. The minimum atomic E-state index is -0.674. The fourth-order valence-electron chi connectivity index (χ4n) is 3.33. The summed E-state index contributed by atoms with van der Waals surface area (Å²) in [4.78, 5) is 49.5. The first-order chi connectivity index (χ1) is 13.2. The van der Waals surface area contributed by atoms with Crippen LogP contribution in [0.2, 0.25) is 0 Å². The van der Waals surface area contributed by atoms with Crippen molar-refractivity contribution in [2.45, 2.75) is 58.2 Å². The van der Waals surface area contributed by atoms with Crippen molar-refractivity contribution in [3.8, 4) is 5.75 Å². The summed E-state index contributed by atoms with van der Waals surface area (Å²) in [6.45, 7) is 5.74. The van der Waals surface area contributed by atoms with Gasteiger partial charge in [-0.2, -0.15) is 0 Å². The van der Waals surface area contributed by atoms with E-state index in [0.29, 0.717) is 23.3 Å². The van der Waals surface area contributed by atoms with Gasteiger partial charge in [-0.1, -0.05) is 6.07 Å². The van der Waals surface area contributed by atoms with E-state index in [9.17, 15) is 19.2 Å². The van der Waals surface area contributed by atoms with Crippen LogP contribution in [0.25, 0.3) is 0 Å². The van der Waals surface area contributed by atoms with E-state index in [1.54, 1.807) is 39.0 Å². The summed E-state index contributed by atoms with van der Waals surface area (Å²) in [6.07, 6.45) is 0.598. The van der Waals surface area contributed by atoms with Crippen LogP contribution in [-0.4, -0.2) is 46.8 Å². The number of imide groups is 1. The Hall–Kier alpha value is -2.90. The molecule has 28 heavy (non-hydrogen) atoms. The predicted molar refractivity (Wildman–Crippen MR) is 98.4 cm³/mol. The zero-order chi connectivity index (χ0) is 20.5. The fraction of sp³-hybridized carbons (Fsp3) is 0.500. The number of carbonyl (C=O) groups is 4. The third kappa shape index (κ3) is 4.32. The van der Waals surface area contributed by atoms with Gasteiger partial charge in [-0.15, -0.1) is 0 Å². The van der Waals surface area contributed by atoms with Crippen LogP contribution in [0.3, 0.4) is 0 Å². The summed E-state index contributed by atoms with van der Waals surface area (Å²) < 4.78 is 11.0. The van der Waals surface area contributed by atoms with E-state index in [-0.39, 0.29) is 43.8 Å². The molecular weight excluding hydrogens is 364 g/mol. The van der Waals surface area contributed by atoms with Gasteiger partial charge in [0.25, 0.3) is 5.91 Å². The third-order valence-electron chi connectivity index (χ3n) is 4.52. The van der Waals surface area contributed by atoms with Crippen molar-refractivity contribution < 1.29 is 28.7 Å². The topological polar surface area (TPSA) is 102 Å². The molecule has 0 aliphatic carbocycles. The lowest BCUT2D eigenvalue weighted by atomic mass is 10.0. The summed E-state index contributed by atoms with van der Waals surface area (Å²) in [5.74, 6) is -0.894. The molecule has 1 saturated heterocycles. The van der Waals surface area contributed by atoms with E-state index >= 15 is 0 Å². The second-order valence-corrected chi connectivity index (χ2v) is 7.87. The molecule has 8 heteroatoms. The molecule has 150 valence electrons. The molecule has 1 aromatic carbocycles. The smallest absolute Gasteiger partial charge is 0.309 e. The van der Waals surface area contributed by atoms with Gasteiger partial charge in [0.15, 0.2) is 0 Å². The van der Waals surface area contributed by atoms with Gasteiger partial charge in [-0.05, 0) is 39.3 Å². The fourth-order valence-corrected chi connectivity index (χ4v) is 3.33. The van der Waals surface area contributed by atoms with Crippen LogP contribution in [-0.2, 0) is 25.7 Å². The van der Waals surface area contributed by atoms with Crippen LogP contribution in [0.1, 0.15) is 56.0 Å². The Labute approximate surface area is 163 Å². The van der Waals surface area contributed by atoms with Gasteiger partial charge in [0.2, 0.25) is 11.8 Å². The first kappa shape index (κ1) is 19.9. The number of ether oxygens (including phenoxy) is 2. The van der Waals surface area contributed by atoms with Crippen molar-refractivity contribution >= 4 is 23.7 Å². The van der Waals surface area contributed by atoms with E-state index in [4.69, 9.17) is 9.47 Å². The van der Waals surface area contributed by atoms with Gasteiger partial charge in [0.1, 0.15) is 17.4 Å². The Morgan fingerprint density at radius 2 is 2.00 bits per heavy atom. The molecule has 2 aliphatic heterocycles. The van der Waals surface area contributed by atoms with Gasteiger partial charge in [-0.3, -0.25) is 24.5 Å². The van der Waals surface area contributed by atoms with Crippen LogP contribution < -0.4 is 10.1 Å². The van der Waals surface area contributed by atoms with Crippen molar-refractivity contribution in [3.63, 3.8) is 0 Å². The minimum Gasteiger partial charge on any atom is -0.493 e. The quantitative estimate of drug-likeness (QED) is 0.607. The SMILES string of the molecule is CC(C)(C)OC(=O)CCOc1cccc2c1CN(C1CCC(=O)NC1=O)C2=O. The van der Waals surface area contributed by atoms with E-state index < -0.39 is 17.6 Å². The number of hydrogen-bond donors (Lipinski definition) is 1. The highest BCUT2D eigenvalue weighted by Gasteiger charge is 2.40. The van der Waals surface area contributed by atoms with Crippen LogP contribution in [0.15, 0.2) is 18.2 Å². The summed E-state index contributed by atoms with van der Waals surface area (Å²) in [7, 11) is 0.